The molecule has 29 heavy (non-hydrogen) atoms. The standard InChI is InChI=1S/C19H24BFN3O4.Li/c1-17(2)18(3,4)28-20(25,27-17)14-15(13-6-5-12(21)9-22-13)23-24-10-19(7-8-19)11-26-16(14)24;/h5-6,9,25H,7-8,10-11H2,1-4H3;/q-1;+1. The van der Waals surface area contributed by atoms with Crippen LogP contribution in [0.25, 0.3) is 11.4 Å². The maximum absolute atomic E-state index is 13.4. The van der Waals surface area contributed by atoms with E-state index < -0.39 is 23.8 Å². The summed E-state index contributed by atoms with van der Waals surface area (Å²) in [5.41, 5.74) is -0.198. The van der Waals surface area contributed by atoms with Gasteiger partial charge in [-0.15, -0.1) is 0 Å². The Morgan fingerprint density at radius 2 is 1.79 bits per heavy atom. The second kappa shape index (κ2) is 6.32. The number of hydrogen-bond donors (Lipinski definition) is 1. The summed E-state index contributed by atoms with van der Waals surface area (Å²) in [7, 11) is 0. The minimum Gasteiger partial charge on any atom is -0.555 e. The van der Waals surface area contributed by atoms with Crippen molar-refractivity contribution < 1.29 is 42.3 Å². The molecule has 10 heteroatoms. The summed E-state index contributed by atoms with van der Waals surface area (Å²) in [6.07, 6.45) is 3.31. The molecule has 7 nitrogen and oxygen atoms in total. The van der Waals surface area contributed by atoms with Crippen molar-refractivity contribution in [2.45, 2.75) is 58.3 Å². The van der Waals surface area contributed by atoms with Crippen molar-refractivity contribution in [1.29, 1.82) is 0 Å². The quantitative estimate of drug-likeness (QED) is 0.658. The van der Waals surface area contributed by atoms with Gasteiger partial charge in [-0.3, -0.25) is 4.98 Å². The van der Waals surface area contributed by atoms with Crippen molar-refractivity contribution >= 4 is 12.2 Å². The predicted molar refractivity (Wildman–Crippen MR) is 101 cm³/mol. The summed E-state index contributed by atoms with van der Waals surface area (Å²) in [5, 5.41) is 16.2. The molecule has 2 fully saturated rings. The summed E-state index contributed by atoms with van der Waals surface area (Å²) >= 11 is 0. The summed E-state index contributed by atoms with van der Waals surface area (Å²) in [6.45, 7) is 5.90. The first-order chi connectivity index (χ1) is 13.0. The van der Waals surface area contributed by atoms with Crippen LogP contribution in [0.15, 0.2) is 18.3 Å². The zero-order valence-corrected chi connectivity index (χ0v) is 17.5. The molecule has 0 aromatic carbocycles. The largest absolute Gasteiger partial charge is 1.00 e. The van der Waals surface area contributed by atoms with Crippen LogP contribution in [-0.2, 0) is 15.9 Å². The molecule has 1 N–H and O–H groups in total. The Kier molecular flexibility index (Phi) is 4.55. The third kappa shape index (κ3) is 3.15. The Labute approximate surface area is 181 Å². The molecular formula is C19H24BFLiN3O4. The third-order valence-corrected chi connectivity index (χ3v) is 6.59. The molecule has 2 aromatic heterocycles. The molecule has 2 aliphatic heterocycles. The minimum atomic E-state index is -2.87. The van der Waals surface area contributed by atoms with Crippen LogP contribution in [-0.4, -0.2) is 44.4 Å². The monoisotopic (exact) mass is 395 g/mol. The number of fused-ring (bicyclic) bond motifs is 1. The number of halogens is 1. The van der Waals surface area contributed by atoms with Gasteiger partial charge >= 0.3 is 25.6 Å². The zero-order chi connectivity index (χ0) is 19.9. The van der Waals surface area contributed by atoms with Crippen LogP contribution in [0.2, 0.25) is 0 Å². The van der Waals surface area contributed by atoms with Gasteiger partial charge in [0.15, 0.2) is 5.88 Å². The van der Waals surface area contributed by atoms with Gasteiger partial charge in [0.05, 0.1) is 30.7 Å². The molecule has 3 aliphatic rings. The van der Waals surface area contributed by atoms with Crippen molar-refractivity contribution in [3.05, 3.63) is 24.1 Å². The molecule has 2 aromatic rings. The number of ether oxygens (including phenoxy) is 1. The van der Waals surface area contributed by atoms with Crippen molar-refractivity contribution in [2.24, 2.45) is 5.41 Å². The maximum atomic E-state index is 13.4. The Bertz CT molecular complexity index is 943. The fourth-order valence-corrected chi connectivity index (χ4v) is 4.04. The molecule has 0 radical (unpaired) electrons. The molecular weight excluding hydrogens is 371 g/mol. The van der Waals surface area contributed by atoms with Crippen molar-refractivity contribution in [3.8, 4) is 17.3 Å². The number of aromatic nitrogens is 3. The molecule has 1 aliphatic carbocycles. The van der Waals surface area contributed by atoms with Crippen molar-refractivity contribution in [1.82, 2.24) is 14.8 Å². The van der Waals surface area contributed by atoms with E-state index in [9.17, 15) is 9.41 Å². The normalized spacial score (nSPS) is 24.5. The van der Waals surface area contributed by atoms with Gasteiger partial charge in [0.1, 0.15) is 5.82 Å². The molecule has 0 amide bonds. The number of nitrogens with zero attached hydrogens (tertiary/aromatic N) is 3. The Balaban J connectivity index is 0.00000205. The minimum absolute atomic E-state index is 0. The average molecular weight is 395 g/mol. The van der Waals surface area contributed by atoms with Crippen LogP contribution in [0, 0.1) is 11.2 Å². The number of rotatable bonds is 2. The van der Waals surface area contributed by atoms with Gasteiger partial charge in [-0.25, -0.2) is 9.07 Å². The second-order valence-electron chi connectivity index (χ2n) is 9.30. The Morgan fingerprint density at radius 3 is 2.34 bits per heavy atom. The summed E-state index contributed by atoms with van der Waals surface area (Å²) in [4.78, 5) is 4.16. The van der Waals surface area contributed by atoms with Crippen LogP contribution >= 0.6 is 0 Å². The van der Waals surface area contributed by atoms with E-state index in [4.69, 9.17) is 14.0 Å². The topological polar surface area (TPSA) is 78.6 Å². The molecule has 0 atom stereocenters. The molecule has 5 rings (SSSR count). The van der Waals surface area contributed by atoms with Crippen molar-refractivity contribution in [3.63, 3.8) is 0 Å². The van der Waals surface area contributed by atoms with Gasteiger partial charge in [-0.1, -0.05) is 0 Å². The molecule has 0 bridgehead atoms. The zero-order valence-electron chi connectivity index (χ0n) is 17.5. The number of hydrogen-bond acceptors (Lipinski definition) is 6. The van der Waals surface area contributed by atoms with Crippen LogP contribution in [0.5, 0.6) is 5.88 Å². The van der Waals surface area contributed by atoms with Gasteiger partial charge in [0, 0.05) is 16.6 Å². The first-order valence-corrected chi connectivity index (χ1v) is 9.67. The predicted octanol–water partition coefficient (Wildman–Crippen LogP) is -0.997. The van der Waals surface area contributed by atoms with Gasteiger partial charge in [0.25, 0.3) is 0 Å². The van der Waals surface area contributed by atoms with Crippen LogP contribution in [0.1, 0.15) is 40.5 Å². The van der Waals surface area contributed by atoms with Crippen LogP contribution in [0.4, 0.5) is 4.39 Å². The average Bonchev–Trinajstić information content (AvgIpc) is 3.17. The van der Waals surface area contributed by atoms with E-state index in [1.165, 1.54) is 12.1 Å². The van der Waals surface area contributed by atoms with Gasteiger partial charge in [-0.2, -0.15) is 5.10 Å². The SMILES string of the molecule is CC1(C)O[B-](O)(c2c(-c3ccc(F)cn3)nn3c2OCC2(CC2)C3)OC1(C)C.[Li+]. The Morgan fingerprint density at radius 1 is 1.14 bits per heavy atom. The first kappa shape index (κ1) is 20.9. The van der Waals surface area contributed by atoms with Crippen LogP contribution < -0.4 is 29.1 Å². The third-order valence-electron chi connectivity index (χ3n) is 6.59. The van der Waals surface area contributed by atoms with E-state index in [0.717, 1.165) is 19.0 Å². The molecule has 0 unspecified atom stereocenters. The van der Waals surface area contributed by atoms with Crippen LogP contribution in [0.3, 0.4) is 0 Å². The number of pyridine rings is 1. The molecule has 150 valence electrons. The smallest absolute Gasteiger partial charge is 0.555 e. The molecule has 1 spiro atoms. The van der Waals surface area contributed by atoms with E-state index in [-0.39, 0.29) is 24.3 Å². The van der Waals surface area contributed by atoms with E-state index in [1.807, 2.05) is 27.7 Å². The Hall–Kier alpha value is -1.37. The first-order valence-electron chi connectivity index (χ1n) is 9.67. The van der Waals surface area contributed by atoms with Crippen molar-refractivity contribution in [2.75, 3.05) is 6.61 Å². The van der Waals surface area contributed by atoms with E-state index in [2.05, 4.69) is 10.1 Å². The van der Waals surface area contributed by atoms with Gasteiger partial charge in [-0.05, 0) is 58.1 Å². The molecule has 4 heterocycles. The van der Waals surface area contributed by atoms with E-state index in [0.29, 0.717) is 35.9 Å². The summed E-state index contributed by atoms with van der Waals surface area (Å²) in [6, 6.07) is 2.85. The summed E-state index contributed by atoms with van der Waals surface area (Å²) in [5.74, 6) is -0.00281. The fraction of sp³-hybridized carbons (Fsp3) is 0.579. The maximum Gasteiger partial charge on any atom is 1.00 e. The van der Waals surface area contributed by atoms with Gasteiger partial charge in [0.2, 0.25) is 0 Å². The fourth-order valence-electron chi connectivity index (χ4n) is 4.04. The van der Waals surface area contributed by atoms with Gasteiger partial charge < -0.3 is 19.1 Å². The molecule has 1 saturated heterocycles. The van der Waals surface area contributed by atoms with E-state index in [1.54, 1.807) is 4.68 Å². The van der Waals surface area contributed by atoms with E-state index >= 15 is 0 Å². The summed E-state index contributed by atoms with van der Waals surface area (Å²) < 4.78 is 33.4. The molecule has 1 saturated carbocycles. The second-order valence-corrected chi connectivity index (χ2v) is 9.30.